The van der Waals surface area contributed by atoms with Gasteiger partial charge in [0.05, 0.1) is 26.6 Å². The van der Waals surface area contributed by atoms with Gasteiger partial charge in [0.2, 0.25) is 5.91 Å². The van der Waals surface area contributed by atoms with Crippen LogP contribution in [0.2, 0.25) is 0 Å². The molecule has 7 nitrogen and oxygen atoms in total. The van der Waals surface area contributed by atoms with E-state index >= 15 is 0 Å². The van der Waals surface area contributed by atoms with Crippen molar-refractivity contribution in [1.82, 2.24) is 10.6 Å². The van der Waals surface area contributed by atoms with E-state index in [0.29, 0.717) is 6.54 Å². The Bertz CT molecular complexity index is 345. The van der Waals surface area contributed by atoms with E-state index in [-0.39, 0.29) is 30.7 Å². The number of methoxy groups -OCH3 is 2. The maximum Gasteiger partial charge on any atom is 0.328 e. The Morgan fingerprint density at radius 2 is 2.00 bits per heavy atom. The van der Waals surface area contributed by atoms with E-state index in [4.69, 9.17) is 0 Å². The summed E-state index contributed by atoms with van der Waals surface area (Å²) in [6, 6.07) is -0.994. The molecule has 1 amide bonds. The van der Waals surface area contributed by atoms with Gasteiger partial charge in [0.25, 0.3) is 0 Å². The van der Waals surface area contributed by atoms with Crippen molar-refractivity contribution in [2.24, 2.45) is 5.92 Å². The van der Waals surface area contributed by atoms with Gasteiger partial charge in [-0.25, -0.2) is 4.79 Å². The van der Waals surface area contributed by atoms with Crippen molar-refractivity contribution in [3.8, 4) is 0 Å². The van der Waals surface area contributed by atoms with Crippen molar-refractivity contribution >= 4 is 30.3 Å². The minimum Gasteiger partial charge on any atom is -0.469 e. The highest BCUT2D eigenvalue weighted by atomic mass is 35.5. The molecule has 8 heteroatoms. The molecule has 0 saturated carbocycles. The number of amides is 1. The van der Waals surface area contributed by atoms with Crippen molar-refractivity contribution in [2.45, 2.75) is 25.3 Å². The highest BCUT2D eigenvalue weighted by molar-refractivity contribution is 5.89. The van der Waals surface area contributed by atoms with E-state index < -0.39 is 18.0 Å². The molecular formula is C12H21ClN2O5. The molecule has 116 valence electrons. The van der Waals surface area contributed by atoms with Crippen molar-refractivity contribution < 1.29 is 23.9 Å². The average molecular weight is 309 g/mol. The molecule has 0 spiro atoms. The largest absolute Gasteiger partial charge is 0.469 e. The van der Waals surface area contributed by atoms with Gasteiger partial charge in [-0.2, -0.15) is 0 Å². The molecule has 2 unspecified atom stereocenters. The van der Waals surface area contributed by atoms with Crippen LogP contribution in [-0.2, 0) is 23.9 Å². The second-order valence-corrected chi connectivity index (χ2v) is 4.41. The van der Waals surface area contributed by atoms with Gasteiger partial charge < -0.3 is 20.1 Å². The highest BCUT2D eigenvalue weighted by Crippen LogP contribution is 2.10. The summed E-state index contributed by atoms with van der Waals surface area (Å²) in [7, 11) is 2.44. The van der Waals surface area contributed by atoms with Gasteiger partial charge in [-0.3, -0.25) is 9.59 Å². The maximum absolute atomic E-state index is 12.0. The van der Waals surface area contributed by atoms with Crippen LogP contribution in [0, 0.1) is 5.92 Å². The fraction of sp³-hybridized carbons (Fsp3) is 0.750. The molecular weight excluding hydrogens is 288 g/mol. The number of carbonyl (C=O) groups is 3. The first-order chi connectivity index (χ1) is 9.08. The van der Waals surface area contributed by atoms with Crippen LogP contribution >= 0.6 is 12.4 Å². The fourth-order valence-corrected chi connectivity index (χ4v) is 1.95. The Morgan fingerprint density at radius 3 is 2.50 bits per heavy atom. The van der Waals surface area contributed by atoms with Gasteiger partial charge in [-0.05, 0) is 19.4 Å². The predicted octanol–water partition coefficient (Wildman–Crippen LogP) is -0.371. The highest BCUT2D eigenvalue weighted by Gasteiger charge is 2.29. The van der Waals surface area contributed by atoms with Crippen LogP contribution in [0.1, 0.15) is 19.3 Å². The molecule has 0 aliphatic carbocycles. The zero-order valence-corrected chi connectivity index (χ0v) is 12.5. The number of nitrogens with one attached hydrogen (secondary N) is 2. The summed E-state index contributed by atoms with van der Waals surface area (Å²) < 4.78 is 9.06. The third-order valence-corrected chi connectivity index (χ3v) is 3.07. The molecule has 0 radical (unpaired) electrons. The SMILES string of the molecule is COC(=O)CC(NC(=O)C1CCCNC1)C(=O)OC.Cl. The number of esters is 2. The number of halogens is 1. The molecule has 1 aliphatic heterocycles. The second kappa shape index (κ2) is 9.55. The van der Waals surface area contributed by atoms with E-state index in [2.05, 4.69) is 20.1 Å². The normalized spacial score (nSPS) is 19.2. The lowest BCUT2D eigenvalue weighted by molar-refractivity contribution is -0.151. The minimum absolute atomic E-state index is 0. The summed E-state index contributed by atoms with van der Waals surface area (Å²) in [4.78, 5) is 34.7. The summed E-state index contributed by atoms with van der Waals surface area (Å²) in [5.41, 5.74) is 0. The summed E-state index contributed by atoms with van der Waals surface area (Å²) in [5.74, 6) is -1.65. The molecule has 20 heavy (non-hydrogen) atoms. The van der Waals surface area contributed by atoms with Crippen LogP contribution in [0.15, 0.2) is 0 Å². The van der Waals surface area contributed by atoms with Gasteiger partial charge in [0.1, 0.15) is 6.04 Å². The first-order valence-corrected chi connectivity index (χ1v) is 6.24. The van der Waals surface area contributed by atoms with Crippen LogP contribution in [0.5, 0.6) is 0 Å². The number of piperidine rings is 1. The summed E-state index contributed by atoms with van der Waals surface area (Å²) in [6.45, 7) is 1.48. The third kappa shape index (κ3) is 5.75. The molecule has 0 bridgehead atoms. The van der Waals surface area contributed by atoms with Gasteiger partial charge in [0, 0.05) is 6.54 Å². The summed E-state index contributed by atoms with van der Waals surface area (Å²) in [6.07, 6.45) is 1.46. The lowest BCUT2D eigenvalue weighted by Crippen LogP contribution is -2.48. The topological polar surface area (TPSA) is 93.7 Å². The molecule has 1 aliphatic rings. The van der Waals surface area contributed by atoms with Gasteiger partial charge in [-0.1, -0.05) is 0 Å². The average Bonchev–Trinajstić information content (AvgIpc) is 2.46. The Kier molecular flexibility index (Phi) is 8.91. The molecule has 0 aromatic rings. The predicted molar refractivity (Wildman–Crippen MR) is 73.4 cm³/mol. The molecule has 1 heterocycles. The second-order valence-electron chi connectivity index (χ2n) is 4.41. The smallest absolute Gasteiger partial charge is 0.328 e. The van der Waals surface area contributed by atoms with E-state index in [9.17, 15) is 14.4 Å². The lowest BCUT2D eigenvalue weighted by atomic mass is 9.98. The zero-order chi connectivity index (χ0) is 14.3. The molecule has 2 N–H and O–H groups in total. The van der Waals surface area contributed by atoms with Crippen molar-refractivity contribution in [2.75, 3.05) is 27.3 Å². The van der Waals surface area contributed by atoms with E-state index in [0.717, 1.165) is 19.4 Å². The van der Waals surface area contributed by atoms with E-state index in [1.165, 1.54) is 14.2 Å². The Labute approximate surface area is 124 Å². The van der Waals surface area contributed by atoms with Crippen LogP contribution in [0.4, 0.5) is 0 Å². The number of ether oxygens (including phenoxy) is 2. The van der Waals surface area contributed by atoms with Crippen LogP contribution < -0.4 is 10.6 Å². The molecule has 1 saturated heterocycles. The minimum atomic E-state index is -0.994. The molecule has 0 aromatic heterocycles. The van der Waals surface area contributed by atoms with Gasteiger partial charge in [0.15, 0.2) is 0 Å². The number of rotatable bonds is 5. The van der Waals surface area contributed by atoms with Crippen molar-refractivity contribution in [3.05, 3.63) is 0 Å². The number of hydrogen-bond donors (Lipinski definition) is 2. The summed E-state index contributed by atoms with van der Waals surface area (Å²) in [5, 5.41) is 5.66. The van der Waals surface area contributed by atoms with Crippen LogP contribution in [-0.4, -0.2) is 51.2 Å². The fourth-order valence-electron chi connectivity index (χ4n) is 1.95. The van der Waals surface area contributed by atoms with E-state index in [1.54, 1.807) is 0 Å². The number of carbonyl (C=O) groups excluding carboxylic acids is 3. The third-order valence-electron chi connectivity index (χ3n) is 3.07. The Hall–Kier alpha value is -1.34. The van der Waals surface area contributed by atoms with Crippen LogP contribution in [0.25, 0.3) is 0 Å². The molecule has 1 fully saturated rings. The Morgan fingerprint density at radius 1 is 1.30 bits per heavy atom. The lowest BCUT2D eigenvalue weighted by Gasteiger charge is -2.24. The molecule has 0 aromatic carbocycles. The van der Waals surface area contributed by atoms with Crippen molar-refractivity contribution in [1.29, 1.82) is 0 Å². The first-order valence-electron chi connectivity index (χ1n) is 6.24. The Balaban J connectivity index is 0.00000361. The quantitative estimate of drug-likeness (QED) is 0.673. The van der Waals surface area contributed by atoms with Crippen LogP contribution in [0.3, 0.4) is 0 Å². The number of hydrogen-bond acceptors (Lipinski definition) is 6. The molecule has 1 rings (SSSR count). The zero-order valence-electron chi connectivity index (χ0n) is 11.6. The van der Waals surface area contributed by atoms with Crippen molar-refractivity contribution in [3.63, 3.8) is 0 Å². The maximum atomic E-state index is 12.0. The van der Waals surface area contributed by atoms with Gasteiger partial charge >= 0.3 is 11.9 Å². The standard InChI is InChI=1S/C12H20N2O5.ClH/c1-18-10(15)6-9(12(17)19-2)14-11(16)8-4-3-5-13-7-8;/h8-9,13H,3-7H2,1-2H3,(H,14,16);1H. The van der Waals surface area contributed by atoms with E-state index in [1.807, 2.05) is 0 Å². The van der Waals surface area contributed by atoms with Gasteiger partial charge in [-0.15, -0.1) is 12.4 Å². The monoisotopic (exact) mass is 308 g/mol. The molecule has 2 atom stereocenters. The first kappa shape index (κ1) is 18.7. The summed E-state index contributed by atoms with van der Waals surface area (Å²) >= 11 is 0.